The maximum atomic E-state index is 13.0. The van der Waals surface area contributed by atoms with Gasteiger partial charge in [-0.05, 0) is 73.4 Å². The van der Waals surface area contributed by atoms with Crippen molar-refractivity contribution >= 4 is 23.4 Å². The minimum atomic E-state index is -0.111. The van der Waals surface area contributed by atoms with Gasteiger partial charge in [-0.15, -0.1) is 0 Å². The number of carbonyl (C=O) groups excluding carboxylic acids is 1. The molecule has 4 rings (SSSR count). The molecule has 0 bridgehead atoms. The molecule has 0 fully saturated rings. The summed E-state index contributed by atoms with van der Waals surface area (Å²) in [5, 5.41) is 5.95. The normalized spacial score (nSPS) is 14.9. The number of aryl methyl sites for hydroxylation is 2. The number of ether oxygens (including phenoxy) is 1. The average Bonchev–Trinajstić information content (AvgIpc) is 3.04. The highest BCUT2D eigenvalue weighted by molar-refractivity contribution is 6.32. The van der Waals surface area contributed by atoms with Crippen LogP contribution in [0.2, 0.25) is 0 Å². The molecule has 3 aromatic carbocycles. The molecule has 0 unspecified atom stereocenters. The lowest BCUT2D eigenvalue weighted by Crippen LogP contribution is -2.21. The molecule has 4 nitrogen and oxygen atoms in total. The van der Waals surface area contributed by atoms with E-state index in [9.17, 15) is 4.79 Å². The Morgan fingerprint density at radius 1 is 0.900 bits per heavy atom. The molecule has 0 saturated carbocycles. The second-order valence-corrected chi connectivity index (χ2v) is 7.47. The molecule has 0 aliphatic carbocycles. The van der Waals surface area contributed by atoms with Crippen LogP contribution < -0.4 is 9.75 Å². The summed E-state index contributed by atoms with van der Waals surface area (Å²) in [7, 11) is 0. The molecular formula is C26H24N2O2. The third-order valence-corrected chi connectivity index (χ3v) is 5.24. The van der Waals surface area contributed by atoms with E-state index < -0.39 is 0 Å². The summed E-state index contributed by atoms with van der Waals surface area (Å²) in [5.41, 5.74) is 6.48. The Labute approximate surface area is 177 Å². The van der Waals surface area contributed by atoms with E-state index in [1.807, 2.05) is 92.7 Å². The molecule has 4 heteroatoms. The standard InChI is InChI=1S/C26H24N2O2/c1-18-9-12-23(15-19(18)2)28-26(29)25(20(3)27-28)16-21-10-13-24(14-11-21)30-17-22-7-5-4-6-8-22/h4-16H,17H2,1-3H3. The molecule has 0 N–H and O–H groups in total. The monoisotopic (exact) mass is 396 g/mol. The van der Waals surface area contributed by atoms with Crippen molar-refractivity contribution in [2.75, 3.05) is 5.01 Å². The summed E-state index contributed by atoms with van der Waals surface area (Å²) in [6, 6.07) is 23.7. The largest absolute Gasteiger partial charge is 0.489 e. The number of carbonyl (C=O) groups is 1. The fourth-order valence-corrected chi connectivity index (χ4v) is 3.28. The maximum Gasteiger partial charge on any atom is 0.280 e. The highest BCUT2D eigenvalue weighted by Gasteiger charge is 2.28. The molecule has 1 aliphatic rings. The van der Waals surface area contributed by atoms with Gasteiger partial charge in [0.25, 0.3) is 5.91 Å². The summed E-state index contributed by atoms with van der Waals surface area (Å²) in [6.07, 6.45) is 1.88. The smallest absolute Gasteiger partial charge is 0.280 e. The van der Waals surface area contributed by atoms with E-state index in [-0.39, 0.29) is 5.91 Å². The Hall–Kier alpha value is -3.66. The molecule has 3 aromatic rings. The summed E-state index contributed by atoms with van der Waals surface area (Å²) in [4.78, 5) is 13.0. The molecular weight excluding hydrogens is 372 g/mol. The van der Waals surface area contributed by atoms with Crippen LogP contribution in [-0.4, -0.2) is 11.6 Å². The third kappa shape index (κ3) is 4.18. The van der Waals surface area contributed by atoms with Gasteiger partial charge in [0.1, 0.15) is 12.4 Å². The van der Waals surface area contributed by atoms with Crippen molar-refractivity contribution in [3.63, 3.8) is 0 Å². The van der Waals surface area contributed by atoms with Crippen LogP contribution in [0.15, 0.2) is 83.5 Å². The molecule has 30 heavy (non-hydrogen) atoms. The van der Waals surface area contributed by atoms with Gasteiger partial charge in [0.2, 0.25) is 0 Å². The Balaban J connectivity index is 1.48. The van der Waals surface area contributed by atoms with Crippen molar-refractivity contribution in [1.29, 1.82) is 0 Å². The zero-order valence-electron chi connectivity index (χ0n) is 17.4. The Bertz CT molecular complexity index is 1130. The molecule has 0 radical (unpaired) electrons. The van der Waals surface area contributed by atoms with Gasteiger partial charge < -0.3 is 4.74 Å². The summed E-state index contributed by atoms with van der Waals surface area (Å²) < 4.78 is 5.84. The van der Waals surface area contributed by atoms with Crippen LogP contribution in [0, 0.1) is 13.8 Å². The second kappa shape index (κ2) is 8.37. The zero-order valence-corrected chi connectivity index (χ0v) is 17.4. The number of hydrogen-bond acceptors (Lipinski definition) is 3. The van der Waals surface area contributed by atoms with Gasteiger partial charge >= 0.3 is 0 Å². The van der Waals surface area contributed by atoms with E-state index in [0.717, 1.165) is 28.1 Å². The van der Waals surface area contributed by atoms with E-state index in [2.05, 4.69) is 12.0 Å². The first-order valence-corrected chi connectivity index (χ1v) is 9.97. The second-order valence-electron chi connectivity index (χ2n) is 7.47. The molecule has 1 heterocycles. The number of benzene rings is 3. The summed E-state index contributed by atoms with van der Waals surface area (Å²) in [5.74, 6) is 0.682. The minimum Gasteiger partial charge on any atom is -0.489 e. The molecule has 0 atom stereocenters. The van der Waals surface area contributed by atoms with Gasteiger partial charge in [-0.25, -0.2) is 0 Å². The lowest BCUT2D eigenvalue weighted by atomic mass is 10.1. The van der Waals surface area contributed by atoms with Gasteiger partial charge in [0.15, 0.2) is 0 Å². The van der Waals surface area contributed by atoms with Crippen molar-refractivity contribution < 1.29 is 9.53 Å². The van der Waals surface area contributed by atoms with E-state index in [1.54, 1.807) is 0 Å². The first-order chi connectivity index (χ1) is 14.5. The zero-order chi connectivity index (χ0) is 21.1. The number of rotatable bonds is 5. The first kappa shape index (κ1) is 19.6. The Morgan fingerprint density at radius 3 is 2.33 bits per heavy atom. The van der Waals surface area contributed by atoms with Crippen LogP contribution in [0.3, 0.4) is 0 Å². The Morgan fingerprint density at radius 2 is 1.63 bits per heavy atom. The quantitative estimate of drug-likeness (QED) is 0.520. The topological polar surface area (TPSA) is 41.9 Å². The fraction of sp³-hybridized carbons (Fsp3) is 0.154. The molecule has 0 spiro atoms. The van der Waals surface area contributed by atoms with Crippen LogP contribution in [0.1, 0.15) is 29.2 Å². The van der Waals surface area contributed by atoms with Gasteiger partial charge in [0.05, 0.1) is 17.0 Å². The lowest BCUT2D eigenvalue weighted by Gasteiger charge is -2.13. The average molecular weight is 396 g/mol. The predicted molar refractivity (Wildman–Crippen MR) is 122 cm³/mol. The highest BCUT2D eigenvalue weighted by Crippen LogP contribution is 2.27. The number of hydrazone groups is 1. The molecule has 150 valence electrons. The Kier molecular flexibility index (Phi) is 5.48. The summed E-state index contributed by atoms with van der Waals surface area (Å²) in [6.45, 7) is 6.48. The van der Waals surface area contributed by atoms with Crippen molar-refractivity contribution in [3.8, 4) is 5.75 Å². The van der Waals surface area contributed by atoms with Crippen molar-refractivity contribution in [3.05, 3.63) is 101 Å². The third-order valence-electron chi connectivity index (χ3n) is 5.24. The van der Waals surface area contributed by atoms with Crippen LogP contribution in [0.25, 0.3) is 6.08 Å². The van der Waals surface area contributed by atoms with Crippen LogP contribution >= 0.6 is 0 Å². The van der Waals surface area contributed by atoms with Crippen LogP contribution in [0.5, 0.6) is 5.75 Å². The van der Waals surface area contributed by atoms with E-state index in [4.69, 9.17) is 4.74 Å². The molecule has 0 aromatic heterocycles. The van der Waals surface area contributed by atoms with Crippen molar-refractivity contribution in [1.82, 2.24) is 0 Å². The number of anilines is 1. The lowest BCUT2D eigenvalue weighted by molar-refractivity contribution is -0.114. The highest BCUT2D eigenvalue weighted by atomic mass is 16.5. The predicted octanol–water partition coefficient (Wildman–Crippen LogP) is 5.69. The van der Waals surface area contributed by atoms with Gasteiger partial charge in [-0.2, -0.15) is 10.1 Å². The van der Waals surface area contributed by atoms with E-state index >= 15 is 0 Å². The SMILES string of the molecule is CC1=NN(c2ccc(C)c(C)c2)C(=O)C1=Cc1ccc(OCc2ccccc2)cc1. The first-order valence-electron chi connectivity index (χ1n) is 9.97. The summed E-state index contributed by atoms with van der Waals surface area (Å²) >= 11 is 0. The van der Waals surface area contributed by atoms with Crippen molar-refractivity contribution in [2.45, 2.75) is 27.4 Å². The number of amides is 1. The van der Waals surface area contributed by atoms with E-state index in [1.165, 1.54) is 10.6 Å². The van der Waals surface area contributed by atoms with Gasteiger partial charge in [-0.3, -0.25) is 4.79 Å². The van der Waals surface area contributed by atoms with Gasteiger partial charge in [-0.1, -0.05) is 48.5 Å². The number of nitrogens with zero attached hydrogens (tertiary/aromatic N) is 2. The number of hydrogen-bond donors (Lipinski definition) is 0. The minimum absolute atomic E-state index is 0.111. The molecule has 1 amide bonds. The van der Waals surface area contributed by atoms with Crippen LogP contribution in [-0.2, 0) is 11.4 Å². The molecule has 0 saturated heterocycles. The fourth-order valence-electron chi connectivity index (χ4n) is 3.28. The van der Waals surface area contributed by atoms with Crippen molar-refractivity contribution in [2.24, 2.45) is 5.10 Å². The van der Waals surface area contributed by atoms with E-state index in [0.29, 0.717) is 17.9 Å². The van der Waals surface area contributed by atoms with Gasteiger partial charge in [0, 0.05) is 0 Å². The molecule has 1 aliphatic heterocycles. The van der Waals surface area contributed by atoms with Crippen LogP contribution in [0.4, 0.5) is 5.69 Å². The maximum absolute atomic E-state index is 13.0.